The van der Waals surface area contributed by atoms with Crippen LogP contribution in [0.25, 0.3) is 0 Å². The van der Waals surface area contributed by atoms with Gasteiger partial charge >= 0.3 is 7.60 Å². The van der Waals surface area contributed by atoms with Gasteiger partial charge in [-0.3, -0.25) is 4.57 Å². The Bertz CT molecular complexity index is 459. The minimum atomic E-state index is -3.37. The molecule has 0 aliphatic heterocycles. The molecule has 98 valence electrons. The second-order valence-electron chi connectivity index (χ2n) is 3.44. The van der Waals surface area contributed by atoms with Crippen LogP contribution in [0.4, 0.5) is 0 Å². The number of nitrogens with zero attached hydrogens (tertiary/aromatic N) is 1. The number of rotatable bonds is 6. The van der Waals surface area contributed by atoms with E-state index in [0.717, 1.165) is 0 Å². The van der Waals surface area contributed by atoms with Crippen molar-refractivity contribution in [3.63, 3.8) is 0 Å². The van der Waals surface area contributed by atoms with Gasteiger partial charge in [0.2, 0.25) is 0 Å². The number of alkyl halides is 1. The van der Waals surface area contributed by atoms with Gasteiger partial charge in [0.05, 0.1) is 24.8 Å². The van der Waals surface area contributed by atoms with E-state index in [0.29, 0.717) is 11.1 Å². The van der Waals surface area contributed by atoms with Crippen molar-refractivity contribution < 1.29 is 13.6 Å². The Balaban J connectivity index is 2.98. The molecule has 18 heavy (non-hydrogen) atoms. The average molecular weight is 288 g/mol. The van der Waals surface area contributed by atoms with E-state index in [-0.39, 0.29) is 13.2 Å². The first kappa shape index (κ1) is 15.2. The summed E-state index contributed by atoms with van der Waals surface area (Å²) in [6.45, 7) is 3.98. The van der Waals surface area contributed by atoms with Gasteiger partial charge in [-0.25, -0.2) is 0 Å². The molecule has 0 saturated carbocycles. The second-order valence-corrected chi connectivity index (χ2v) is 6.30. The van der Waals surface area contributed by atoms with Gasteiger partial charge in [0.1, 0.15) is 0 Å². The van der Waals surface area contributed by atoms with E-state index in [1.165, 1.54) is 0 Å². The number of nitriles is 1. The number of halogens is 1. The van der Waals surface area contributed by atoms with Crippen LogP contribution in [0.3, 0.4) is 0 Å². The molecule has 1 rings (SSSR count). The zero-order chi connectivity index (χ0) is 13.6. The lowest BCUT2D eigenvalue weighted by molar-refractivity contribution is 0.218. The summed E-state index contributed by atoms with van der Waals surface area (Å²) in [5, 5.41) is 7.84. The zero-order valence-corrected chi connectivity index (χ0v) is 11.9. The van der Waals surface area contributed by atoms with Crippen molar-refractivity contribution in [2.75, 3.05) is 13.2 Å². The van der Waals surface area contributed by atoms with E-state index >= 15 is 0 Å². The standard InChI is InChI=1S/C12H15ClNO3P/c1-3-16-18(15,17-4-2)12(13)11-7-5-10(9-14)6-8-11/h5-8,12H,3-4H2,1-2H3. The van der Waals surface area contributed by atoms with Gasteiger partial charge in [0.25, 0.3) is 0 Å². The largest absolute Gasteiger partial charge is 0.352 e. The van der Waals surface area contributed by atoms with Crippen LogP contribution in [0.5, 0.6) is 0 Å². The summed E-state index contributed by atoms with van der Waals surface area (Å²) < 4.78 is 22.8. The molecule has 0 bridgehead atoms. The normalized spacial score (nSPS) is 13.0. The summed E-state index contributed by atoms with van der Waals surface area (Å²) in [6.07, 6.45) is 0. The van der Waals surface area contributed by atoms with Crippen LogP contribution in [-0.2, 0) is 13.6 Å². The van der Waals surface area contributed by atoms with Crippen molar-refractivity contribution in [1.82, 2.24) is 0 Å². The fraction of sp³-hybridized carbons (Fsp3) is 0.417. The van der Waals surface area contributed by atoms with E-state index in [2.05, 4.69) is 0 Å². The lowest BCUT2D eigenvalue weighted by Gasteiger charge is -2.21. The molecule has 0 spiro atoms. The molecule has 4 nitrogen and oxygen atoms in total. The lowest BCUT2D eigenvalue weighted by atomic mass is 10.2. The van der Waals surface area contributed by atoms with Gasteiger partial charge in [-0.15, -0.1) is 11.6 Å². The van der Waals surface area contributed by atoms with Crippen molar-refractivity contribution >= 4 is 19.2 Å². The molecule has 0 aliphatic rings. The monoisotopic (exact) mass is 287 g/mol. The zero-order valence-electron chi connectivity index (χ0n) is 10.3. The number of hydrogen-bond donors (Lipinski definition) is 0. The molecule has 0 saturated heterocycles. The first-order valence-electron chi connectivity index (χ1n) is 5.60. The molecule has 0 heterocycles. The van der Waals surface area contributed by atoms with Crippen molar-refractivity contribution in [1.29, 1.82) is 5.26 Å². The van der Waals surface area contributed by atoms with Gasteiger partial charge in [0.15, 0.2) is 5.12 Å². The van der Waals surface area contributed by atoms with Crippen LogP contribution < -0.4 is 0 Å². The summed E-state index contributed by atoms with van der Waals surface area (Å²) >= 11 is 6.17. The predicted molar refractivity (Wildman–Crippen MR) is 70.6 cm³/mol. The fourth-order valence-corrected chi connectivity index (χ4v) is 3.50. The molecule has 0 fully saturated rings. The van der Waals surface area contributed by atoms with Crippen molar-refractivity contribution in [3.8, 4) is 6.07 Å². The molecule has 0 amide bonds. The highest BCUT2D eigenvalue weighted by Gasteiger charge is 2.35. The summed E-state index contributed by atoms with van der Waals surface area (Å²) in [4.78, 5) is 0. The smallest absolute Gasteiger partial charge is 0.308 e. The van der Waals surface area contributed by atoms with Crippen LogP contribution in [0.2, 0.25) is 0 Å². The third-order valence-corrected chi connectivity index (χ3v) is 5.27. The summed E-state index contributed by atoms with van der Waals surface area (Å²) in [6, 6.07) is 8.55. The average Bonchev–Trinajstić information content (AvgIpc) is 2.38. The second kappa shape index (κ2) is 6.92. The Hall–Kier alpha value is -0.850. The summed E-state index contributed by atoms with van der Waals surface area (Å²) in [5.41, 5.74) is 1.13. The van der Waals surface area contributed by atoms with E-state index < -0.39 is 12.7 Å². The van der Waals surface area contributed by atoms with Gasteiger partial charge in [-0.2, -0.15) is 5.26 Å². The van der Waals surface area contributed by atoms with Crippen molar-refractivity contribution in [2.24, 2.45) is 0 Å². The fourth-order valence-electron chi connectivity index (χ4n) is 1.43. The van der Waals surface area contributed by atoms with Crippen LogP contribution in [0, 0.1) is 11.3 Å². The minimum Gasteiger partial charge on any atom is -0.308 e. The highest BCUT2D eigenvalue weighted by Crippen LogP contribution is 2.62. The molecule has 1 aromatic rings. The third kappa shape index (κ3) is 3.57. The van der Waals surface area contributed by atoms with Crippen LogP contribution in [0.1, 0.15) is 30.1 Å². The molecule has 0 aromatic heterocycles. The van der Waals surface area contributed by atoms with Crippen molar-refractivity contribution in [3.05, 3.63) is 35.4 Å². The number of hydrogen-bond acceptors (Lipinski definition) is 4. The quantitative estimate of drug-likeness (QED) is 0.585. The Labute approximate surface area is 112 Å². The van der Waals surface area contributed by atoms with Crippen LogP contribution in [-0.4, -0.2) is 13.2 Å². The van der Waals surface area contributed by atoms with Gasteiger partial charge < -0.3 is 9.05 Å². The molecule has 0 radical (unpaired) electrons. The van der Waals surface area contributed by atoms with E-state index in [4.69, 9.17) is 25.9 Å². The van der Waals surface area contributed by atoms with Gasteiger partial charge in [0, 0.05) is 0 Å². The lowest BCUT2D eigenvalue weighted by Crippen LogP contribution is -2.02. The molecule has 1 atom stereocenters. The van der Waals surface area contributed by atoms with Gasteiger partial charge in [-0.05, 0) is 31.5 Å². The first-order valence-corrected chi connectivity index (χ1v) is 7.65. The van der Waals surface area contributed by atoms with Crippen molar-refractivity contribution in [2.45, 2.75) is 19.0 Å². The summed E-state index contributed by atoms with van der Waals surface area (Å²) in [7, 11) is -3.37. The third-order valence-electron chi connectivity index (χ3n) is 2.21. The number of benzene rings is 1. The maximum atomic E-state index is 12.4. The highest BCUT2D eigenvalue weighted by atomic mass is 35.5. The molecular formula is C12H15ClNO3P. The molecule has 6 heteroatoms. The Morgan fingerprint density at radius 2 is 1.78 bits per heavy atom. The molecule has 1 aromatic carbocycles. The molecule has 0 N–H and O–H groups in total. The van der Waals surface area contributed by atoms with Crippen LogP contribution >= 0.6 is 19.2 Å². The Morgan fingerprint density at radius 3 is 2.17 bits per heavy atom. The highest BCUT2D eigenvalue weighted by molar-refractivity contribution is 7.56. The molecule has 1 unspecified atom stereocenters. The van der Waals surface area contributed by atoms with E-state index in [1.54, 1.807) is 38.1 Å². The van der Waals surface area contributed by atoms with Crippen LogP contribution in [0.15, 0.2) is 24.3 Å². The predicted octanol–water partition coefficient (Wildman–Crippen LogP) is 4.06. The summed E-state index contributed by atoms with van der Waals surface area (Å²) in [5.74, 6) is 0. The minimum absolute atomic E-state index is 0.261. The van der Waals surface area contributed by atoms with E-state index in [1.807, 2.05) is 6.07 Å². The molecular weight excluding hydrogens is 273 g/mol. The van der Waals surface area contributed by atoms with E-state index in [9.17, 15) is 4.57 Å². The maximum Gasteiger partial charge on any atom is 0.352 e. The maximum absolute atomic E-state index is 12.4. The molecule has 0 aliphatic carbocycles. The Morgan fingerprint density at radius 1 is 1.28 bits per heavy atom. The van der Waals surface area contributed by atoms with Gasteiger partial charge in [-0.1, -0.05) is 12.1 Å². The SMILES string of the molecule is CCOP(=O)(OCC)C(Cl)c1ccc(C#N)cc1. The topological polar surface area (TPSA) is 59.3 Å². The Kier molecular flexibility index (Phi) is 5.84. The first-order chi connectivity index (χ1) is 8.57.